The molecule has 2 rings (SSSR count). The Bertz CT molecular complexity index is 442. The predicted octanol–water partition coefficient (Wildman–Crippen LogP) is 3.97. The molecule has 1 aromatic rings. The first-order valence-corrected chi connectivity index (χ1v) is 6.61. The molecule has 0 aliphatic heterocycles. The van der Waals surface area contributed by atoms with Crippen molar-refractivity contribution in [1.29, 1.82) is 0 Å². The fourth-order valence-electron chi connectivity index (χ4n) is 2.54. The third-order valence-corrected chi connectivity index (χ3v) is 3.73. The van der Waals surface area contributed by atoms with E-state index in [1.54, 1.807) is 13.0 Å². The lowest BCUT2D eigenvalue weighted by atomic mass is 9.97. The van der Waals surface area contributed by atoms with E-state index in [2.05, 4.69) is 12.2 Å². The SMILES string of the molecule is Cc1cc(C(NC(C)C)C2CC2C)c(F)cc1F. The minimum atomic E-state index is -0.469. The molecule has 1 aliphatic rings. The van der Waals surface area contributed by atoms with Gasteiger partial charge < -0.3 is 5.32 Å². The molecule has 1 N–H and O–H groups in total. The standard InChI is InChI=1S/C15H21F2N/c1-8(2)18-15(11-5-9(11)3)12-6-10(4)13(16)7-14(12)17/h6-9,11,15,18H,5H2,1-4H3. The lowest BCUT2D eigenvalue weighted by Crippen LogP contribution is -2.30. The van der Waals surface area contributed by atoms with Gasteiger partial charge in [0.05, 0.1) is 0 Å². The van der Waals surface area contributed by atoms with Crippen molar-refractivity contribution in [2.45, 2.75) is 46.2 Å². The van der Waals surface area contributed by atoms with Gasteiger partial charge in [-0.3, -0.25) is 0 Å². The number of nitrogens with one attached hydrogen (secondary N) is 1. The highest BCUT2D eigenvalue weighted by molar-refractivity contribution is 5.30. The molecule has 0 bridgehead atoms. The van der Waals surface area contributed by atoms with Gasteiger partial charge in [0, 0.05) is 23.7 Å². The Kier molecular flexibility index (Phi) is 3.71. The number of hydrogen-bond donors (Lipinski definition) is 1. The van der Waals surface area contributed by atoms with Crippen LogP contribution in [0.2, 0.25) is 0 Å². The Morgan fingerprint density at radius 1 is 1.22 bits per heavy atom. The van der Waals surface area contributed by atoms with Crippen molar-refractivity contribution < 1.29 is 8.78 Å². The molecule has 1 saturated carbocycles. The van der Waals surface area contributed by atoms with Crippen molar-refractivity contribution in [2.75, 3.05) is 0 Å². The summed E-state index contributed by atoms with van der Waals surface area (Å²) in [6.07, 6.45) is 1.11. The van der Waals surface area contributed by atoms with Gasteiger partial charge in [0.2, 0.25) is 0 Å². The third-order valence-electron chi connectivity index (χ3n) is 3.73. The predicted molar refractivity (Wildman–Crippen MR) is 69.4 cm³/mol. The summed E-state index contributed by atoms with van der Waals surface area (Å²) >= 11 is 0. The van der Waals surface area contributed by atoms with Crippen LogP contribution in [-0.4, -0.2) is 6.04 Å². The molecule has 1 aromatic carbocycles. The Labute approximate surface area is 108 Å². The fraction of sp³-hybridized carbons (Fsp3) is 0.600. The smallest absolute Gasteiger partial charge is 0.130 e. The average molecular weight is 253 g/mol. The van der Waals surface area contributed by atoms with Crippen LogP contribution in [0.4, 0.5) is 8.78 Å². The first kappa shape index (κ1) is 13.5. The van der Waals surface area contributed by atoms with Gasteiger partial charge in [-0.05, 0) is 36.8 Å². The van der Waals surface area contributed by atoms with Crippen LogP contribution in [0.15, 0.2) is 12.1 Å². The molecule has 3 atom stereocenters. The highest BCUT2D eigenvalue weighted by Gasteiger charge is 2.41. The number of benzene rings is 1. The molecule has 1 fully saturated rings. The maximum atomic E-state index is 14.0. The topological polar surface area (TPSA) is 12.0 Å². The molecule has 0 saturated heterocycles. The van der Waals surface area contributed by atoms with Crippen LogP contribution in [0.3, 0.4) is 0 Å². The van der Waals surface area contributed by atoms with E-state index < -0.39 is 11.6 Å². The van der Waals surface area contributed by atoms with E-state index >= 15 is 0 Å². The Hall–Kier alpha value is -0.960. The van der Waals surface area contributed by atoms with Gasteiger partial charge in [-0.2, -0.15) is 0 Å². The van der Waals surface area contributed by atoms with Crippen LogP contribution in [0, 0.1) is 30.4 Å². The summed E-state index contributed by atoms with van der Waals surface area (Å²) in [7, 11) is 0. The molecule has 18 heavy (non-hydrogen) atoms. The highest BCUT2D eigenvalue weighted by Crippen LogP contribution is 2.47. The van der Waals surface area contributed by atoms with Crippen molar-refractivity contribution >= 4 is 0 Å². The normalized spacial score (nSPS) is 24.4. The van der Waals surface area contributed by atoms with E-state index in [9.17, 15) is 8.78 Å². The number of halogens is 2. The van der Waals surface area contributed by atoms with E-state index in [0.717, 1.165) is 12.5 Å². The van der Waals surface area contributed by atoms with Crippen molar-refractivity contribution in [3.05, 3.63) is 34.9 Å². The molecule has 3 heteroatoms. The monoisotopic (exact) mass is 253 g/mol. The summed E-state index contributed by atoms with van der Waals surface area (Å²) in [5.74, 6) is 0.177. The maximum Gasteiger partial charge on any atom is 0.130 e. The molecule has 0 aromatic heterocycles. The van der Waals surface area contributed by atoms with Crippen molar-refractivity contribution in [3.8, 4) is 0 Å². The van der Waals surface area contributed by atoms with Crippen LogP contribution in [0.5, 0.6) is 0 Å². The summed E-state index contributed by atoms with van der Waals surface area (Å²) in [5, 5.41) is 3.41. The average Bonchev–Trinajstić information content (AvgIpc) is 2.97. The quantitative estimate of drug-likeness (QED) is 0.856. The van der Waals surface area contributed by atoms with E-state index in [4.69, 9.17) is 0 Å². The molecule has 0 spiro atoms. The van der Waals surface area contributed by atoms with Crippen molar-refractivity contribution in [1.82, 2.24) is 5.32 Å². The highest BCUT2D eigenvalue weighted by atomic mass is 19.1. The van der Waals surface area contributed by atoms with Gasteiger partial charge in [0.25, 0.3) is 0 Å². The molecule has 3 unspecified atom stereocenters. The summed E-state index contributed by atoms with van der Waals surface area (Å²) in [4.78, 5) is 0. The van der Waals surface area contributed by atoms with E-state index in [-0.39, 0.29) is 12.1 Å². The summed E-state index contributed by atoms with van der Waals surface area (Å²) in [6.45, 7) is 7.96. The van der Waals surface area contributed by atoms with Gasteiger partial charge in [-0.15, -0.1) is 0 Å². The van der Waals surface area contributed by atoms with Gasteiger partial charge in [-0.25, -0.2) is 8.78 Å². The maximum absolute atomic E-state index is 14.0. The van der Waals surface area contributed by atoms with Gasteiger partial charge in [-0.1, -0.05) is 20.8 Å². The summed E-state index contributed by atoms with van der Waals surface area (Å²) in [6, 6.07) is 2.94. The molecule has 0 heterocycles. The minimum Gasteiger partial charge on any atom is -0.307 e. The van der Waals surface area contributed by atoms with Crippen molar-refractivity contribution in [3.63, 3.8) is 0 Å². The fourth-order valence-corrected chi connectivity index (χ4v) is 2.54. The molecule has 100 valence electrons. The first-order valence-electron chi connectivity index (χ1n) is 6.61. The van der Waals surface area contributed by atoms with Gasteiger partial charge >= 0.3 is 0 Å². The first-order chi connectivity index (χ1) is 8.40. The zero-order chi connectivity index (χ0) is 13.4. The van der Waals surface area contributed by atoms with E-state index in [1.807, 2.05) is 13.8 Å². The van der Waals surface area contributed by atoms with Crippen LogP contribution < -0.4 is 5.32 Å². The van der Waals surface area contributed by atoms with Crippen LogP contribution in [-0.2, 0) is 0 Å². The minimum absolute atomic E-state index is 0.000648. The van der Waals surface area contributed by atoms with Crippen LogP contribution in [0.1, 0.15) is 44.4 Å². The van der Waals surface area contributed by atoms with Gasteiger partial charge in [0.15, 0.2) is 0 Å². The summed E-state index contributed by atoms with van der Waals surface area (Å²) < 4.78 is 27.3. The van der Waals surface area contributed by atoms with E-state index in [0.29, 0.717) is 23.0 Å². The lowest BCUT2D eigenvalue weighted by molar-refractivity contribution is 0.406. The number of rotatable bonds is 4. The summed E-state index contributed by atoms with van der Waals surface area (Å²) in [5.41, 5.74) is 1.12. The Morgan fingerprint density at radius 3 is 2.33 bits per heavy atom. The molecule has 0 amide bonds. The molecular weight excluding hydrogens is 232 g/mol. The van der Waals surface area contributed by atoms with Crippen LogP contribution in [0.25, 0.3) is 0 Å². The lowest BCUT2D eigenvalue weighted by Gasteiger charge is -2.23. The molecule has 1 aliphatic carbocycles. The third kappa shape index (κ3) is 2.72. The molecule has 1 nitrogen and oxygen atoms in total. The number of aryl methyl sites for hydroxylation is 1. The van der Waals surface area contributed by atoms with Gasteiger partial charge in [0.1, 0.15) is 11.6 Å². The Balaban J connectivity index is 2.33. The zero-order valence-corrected chi connectivity index (χ0v) is 11.4. The second-order valence-corrected chi connectivity index (χ2v) is 5.80. The second-order valence-electron chi connectivity index (χ2n) is 5.80. The second kappa shape index (κ2) is 4.96. The number of hydrogen-bond acceptors (Lipinski definition) is 1. The zero-order valence-electron chi connectivity index (χ0n) is 11.4. The largest absolute Gasteiger partial charge is 0.307 e. The molecule has 0 radical (unpaired) electrons. The van der Waals surface area contributed by atoms with Crippen LogP contribution >= 0.6 is 0 Å². The Morgan fingerprint density at radius 2 is 1.83 bits per heavy atom. The van der Waals surface area contributed by atoms with E-state index in [1.165, 1.54) is 0 Å². The molecular formula is C15H21F2N. The van der Waals surface area contributed by atoms with Crippen molar-refractivity contribution in [2.24, 2.45) is 11.8 Å².